The van der Waals surface area contributed by atoms with Crippen LogP contribution in [0.5, 0.6) is 0 Å². The molecule has 0 unspecified atom stereocenters. The fourth-order valence-electron chi connectivity index (χ4n) is 7.38. The number of hydrogen-bond donors (Lipinski definition) is 0. The first kappa shape index (κ1) is 32.2. The van der Waals surface area contributed by atoms with Gasteiger partial charge in [0.15, 0.2) is 17.5 Å². The molecule has 10 rings (SSSR count). The molecule has 0 fully saturated rings. The molecular weight excluding hydrogens is 671 g/mol. The van der Waals surface area contributed by atoms with Gasteiger partial charge in [-0.3, -0.25) is 0 Å². The third kappa shape index (κ3) is 6.16. The zero-order chi connectivity index (χ0) is 36.6. The first-order valence-corrected chi connectivity index (χ1v) is 18.4. The van der Waals surface area contributed by atoms with Crippen LogP contribution in [0.2, 0.25) is 0 Å². The van der Waals surface area contributed by atoms with Gasteiger partial charge in [0.1, 0.15) is 11.2 Å². The Morgan fingerprint density at radius 1 is 0.255 bits per heavy atom. The van der Waals surface area contributed by atoms with E-state index in [-0.39, 0.29) is 0 Å². The maximum Gasteiger partial charge on any atom is 0.164 e. The summed E-state index contributed by atoms with van der Waals surface area (Å²) in [6.45, 7) is 0. The largest absolute Gasteiger partial charge is 0.455 e. The average molecular weight is 704 g/mol. The van der Waals surface area contributed by atoms with Crippen LogP contribution in [0.15, 0.2) is 205 Å². The van der Waals surface area contributed by atoms with Gasteiger partial charge in [0, 0.05) is 38.6 Å². The van der Waals surface area contributed by atoms with E-state index in [0.29, 0.717) is 17.5 Å². The molecule has 8 aromatic carbocycles. The zero-order valence-electron chi connectivity index (χ0n) is 29.8. The van der Waals surface area contributed by atoms with E-state index in [1.54, 1.807) is 0 Å². The van der Waals surface area contributed by atoms with Crippen LogP contribution in [0.1, 0.15) is 0 Å². The fraction of sp³-hybridized carbons (Fsp3) is 0. The maximum absolute atomic E-state index is 6.95. The highest BCUT2D eigenvalue weighted by Crippen LogP contribution is 2.43. The molecule has 0 atom stereocenters. The number of para-hydroxylation sites is 1. The summed E-state index contributed by atoms with van der Waals surface area (Å²) in [6.07, 6.45) is 0. The highest BCUT2D eigenvalue weighted by atomic mass is 16.3. The number of fused-ring (bicyclic) bond motifs is 3. The monoisotopic (exact) mass is 703 g/mol. The van der Waals surface area contributed by atoms with Gasteiger partial charge in [0.05, 0.1) is 0 Å². The number of nitrogens with zero attached hydrogens (tertiary/aromatic N) is 3. The second-order valence-electron chi connectivity index (χ2n) is 13.6. The summed E-state index contributed by atoms with van der Waals surface area (Å²) < 4.78 is 6.95. The van der Waals surface area contributed by atoms with E-state index in [4.69, 9.17) is 19.4 Å². The van der Waals surface area contributed by atoms with Gasteiger partial charge in [-0.2, -0.15) is 0 Å². The summed E-state index contributed by atoms with van der Waals surface area (Å²) >= 11 is 0. The van der Waals surface area contributed by atoms with Crippen molar-refractivity contribution in [1.82, 2.24) is 15.0 Å². The first-order valence-electron chi connectivity index (χ1n) is 18.4. The molecular formula is C51H33N3O. The van der Waals surface area contributed by atoms with Crippen LogP contribution in [0.3, 0.4) is 0 Å². The molecule has 0 saturated carbocycles. The van der Waals surface area contributed by atoms with Crippen LogP contribution in [-0.2, 0) is 0 Å². The normalized spacial score (nSPS) is 11.3. The van der Waals surface area contributed by atoms with Gasteiger partial charge < -0.3 is 4.42 Å². The molecule has 10 aromatic rings. The number of benzene rings is 8. The Morgan fingerprint density at radius 2 is 0.691 bits per heavy atom. The van der Waals surface area contributed by atoms with Crippen molar-refractivity contribution in [3.8, 4) is 78.7 Å². The number of aromatic nitrogens is 3. The van der Waals surface area contributed by atoms with Crippen molar-refractivity contribution < 1.29 is 4.42 Å². The highest BCUT2D eigenvalue weighted by Gasteiger charge is 2.19. The second kappa shape index (κ2) is 13.8. The lowest BCUT2D eigenvalue weighted by Crippen LogP contribution is -2.00. The Kier molecular flexibility index (Phi) is 8.12. The van der Waals surface area contributed by atoms with E-state index < -0.39 is 0 Å². The molecule has 2 heterocycles. The van der Waals surface area contributed by atoms with Crippen molar-refractivity contribution in [1.29, 1.82) is 0 Å². The van der Waals surface area contributed by atoms with Gasteiger partial charge in [-0.1, -0.05) is 182 Å². The molecule has 0 bridgehead atoms. The average Bonchev–Trinajstić information content (AvgIpc) is 3.66. The second-order valence-corrected chi connectivity index (χ2v) is 13.6. The standard InChI is InChI=1S/C51H33N3O/c1-5-15-34(16-6-1)35-27-29-36(30-28-35)42-32-45(37-17-7-2-8-18-37)48-46(33-42)44-26-14-25-43(47(44)55-48)40-23-13-24-41(31-40)51-53-49(38-19-9-3-10-20-38)52-50(54-51)39-21-11-4-12-22-39/h1-33H. The van der Waals surface area contributed by atoms with Gasteiger partial charge in [0.2, 0.25) is 0 Å². The van der Waals surface area contributed by atoms with Crippen molar-refractivity contribution in [2.75, 3.05) is 0 Å². The SMILES string of the molecule is c1ccc(-c2ccc(-c3cc(-c4ccccc4)c4oc5c(-c6cccc(-c7nc(-c8ccccc8)nc(-c8ccccc8)n7)c6)cccc5c4c3)cc2)cc1. The van der Waals surface area contributed by atoms with E-state index in [0.717, 1.165) is 72.0 Å². The number of rotatable bonds is 7. The lowest BCUT2D eigenvalue weighted by Gasteiger charge is -2.10. The molecule has 0 amide bonds. The Bertz CT molecular complexity index is 2880. The van der Waals surface area contributed by atoms with E-state index in [2.05, 4.69) is 133 Å². The molecule has 0 N–H and O–H groups in total. The maximum atomic E-state index is 6.95. The Morgan fingerprint density at radius 3 is 1.29 bits per heavy atom. The smallest absolute Gasteiger partial charge is 0.164 e. The highest BCUT2D eigenvalue weighted by molar-refractivity contribution is 6.14. The molecule has 4 heteroatoms. The number of hydrogen-bond acceptors (Lipinski definition) is 4. The third-order valence-electron chi connectivity index (χ3n) is 10.1. The van der Waals surface area contributed by atoms with Crippen molar-refractivity contribution in [2.45, 2.75) is 0 Å². The van der Waals surface area contributed by atoms with Crippen LogP contribution >= 0.6 is 0 Å². The van der Waals surface area contributed by atoms with Crippen LogP contribution in [0.25, 0.3) is 101 Å². The lowest BCUT2D eigenvalue weighted by molar-refractivity contribution is 0.671. The molecule has 0 saturated heterocycles. The van der Waals surface area contributed by atoms with E-state index in [1.807, 2.05) is 66.7 Å². The minimum atomic E-state index is 0.612. The summed E-state index contributed by atoms with van der Waals surface area (Å²) in [7, 11) is 0. The summed E-state index contributed by atoms with van der Waals surface area (Å²) in [4.78, 5) is 14.9. The van der Waals surface area contributed by atoms with Gasteiger partial charge in [-0.05, 0) is 51.6 Å². The summed E-state index contributed by atoms with van der Waals surface area (Å²) in [5.41, 5.74) is 13.4. The molecule has 0 radical (unpaired) electrons. The summed E-state index contributed by atoms with van der Waals surface area (Å²) in [5.74, 6) is 1.88. The predicted octanol–water partition coefficient (Wildman–Crippen LogP) is 13.4. The molecule has 258 valence electrons. The molecule has 0 aliphatic carbocycles. The summed E-state index contributed by atoms with van der Waals surface area (Å²) in [5, 5.41) is 2.14. The van der Waals surface area contributed by atoms with Crippen molar-refractivity contribution in [3.05, 3.63) is 200 Å². The first-order chi connectivity index (χ1) is 27.2. The fourth-order valence-corrected chi connectivity index (χ4v) is 7.38. The molecule has 0 spiro atoms. The Hall–Kier alpha value is -7.43. The molecule has 0 aliphatic heterocycles. The van der Waals surface area contributed by atoms with E-state index >= 15 is 0 Å². The topological polar surface area (TPSA) is 51.8 Å². The molecule has 0 aliphatic rings. The third-order valence-corrected chi connectivity index (χ3v) is 10.1. The number of furan rings is 1. The summed E-state index contributed by atoms with van der Waals surface area (Å²) in [6, 6.07) is 69.3. The van der Waals surface area contributed by atoms with Crippen molar-refractivity contribution in [3.63, 3.8) is 0 Å². The van der Waals surface area contributed by atoms with E-state index in [9.17, 15) is 0 Å². The van der Waals surface area contributed by atoms with Crippen molar-refractivity contribution >= 4 is 21.9 Å². The van der Waals surface area contributed by atoms with Gasteiger partial charge in [0.25, 0.3) is 0 Å². The Balaban J connectivity index is 1.11. The predicted molar refractivity (Wildman–Crippen MR) is 225 cm³/mol. The minimum Gasteiger partial charge on any atom is -0.455 e. The quantitative estimate of drug-likeness (QED) is 0.166. The zero-order valence-corrected chi connectivity index (χ0v) is 29.8. The van der Waals surface area contributed by atoms with E-state index in [1.165, 1.54) is 11.1 Å². The van der Waals surface area contributed by atoms with Crippen LogP contribution in [-0.4, -0.2) is 15.0 Å². The van der Waals surface area contributed by atoms with Crippen LogP contribution in [0.4, 0.5) is 0 Å². The van der Waals surface area contributed by atoms with Crippen LogP contribution in [0, 0.1) is 0 Å². The van der Waals surface area contributed by atoms with Crippen molar-refractivity contribution in [2.24, 2.45) is 0 Å². The van der Waals surface area contributed by atoms with Gasteiger partial charge in [-0.15, -0.1) is 0 Å². The van der Waals surface area contributed by atoms with Crippen LogP contribution < -0.4 is 0 Å². The molecule has 55 heavy (non-hydrogen) atoms. The lowest BCUT2D eigenvalue weighted by atomic mass is 9.94. The van der Waals surface area contributed by atoms with Gasteiger partial charge in [-0.25, -0.2) is 15.0 Å². The Labute approximate surface area is 319 Å². The minimum absolute atomic E-state index is 0.612. The molecule has 4 nitrogen and oxygen atoms in total. The van der Waals surface area contributed by atoms with Gasteiger partial charge >= 0.3 is 0 Å². The molecule has 2 aromatic heterocycles.